The van der Waals surface area contributed by atoms with E-state index in [4.69, 9.17) is 5.11 Å². The molecule has 0 aromatic carbocycles. The van der Waals surface area contributed by atoms with Gasteiger partial charge in [-0.05, 0) is 38.2 Å². The third-order valence-corrected chi connectivity index (χ3v) is 3.03. The lowest BCUT2D eigenvalue weighted by molar-refractivity contribution is 0.0690. The first-order valence-corrected chi connectivity index (χ1v) is 6.79. The van der Waals surface area contributed by atoms with Crippen LogP contribution in [0.3, 0.4) is 0 Å². The Morgan fingerprint density at radius 3 is 2.50 bits per heavy atom. The molecule has 0 spiro atoms. The van der Waals surface area contributed by atoms with E-state index in [2.05, 4.69) is 29.0 Å². The zero-order valence-electron chi connectivity index (χ0n) is 11.9. The van der Waals surface area contributed by atoms with Crippen LogP contribution in [0.5, 0.6) is 0 Å². The molecule has 1 aromatic rings. The van der Waals surface area contributed by atoms with Crippen molar-refractivity contribution in [3.63, 3.8) is 0 Å². The maximum Gasteiger partial charge on any atom is 0.354 e. The molecular weight excluding hydrogens is 258 g/mol. The van der Waals surface area contributed by atoms with Crippen LogP contribution >= 0.6 is 0 Å². The van der Waals surface area contributed by atoms with Crippen LogP contribution in [0.2, 0.25) is 0 Å². The summed E-state index contributed by atoms with van der Waals surface area (Å²) in [6.45, 7) is 7.66. The Labute approximate surface area is 118 Å². The smallest absolute Gasteiger partial charge is 0.354 e. The number of rotatable bonds is 8. The number of nitrogens with one attached hydrogen (secondary N) is 1. The molecule has 0 aliphatic carbocycles. The van der Waals surface area contributed by atoms with Crippen LogP contribution < -0.4 is 5.32 Å². The molecule has 110 valence electrons. The number of carbonyl (C=O) groups excluding carboxylic acids is 1. The number of aromatic nitrogens is 1. The molecule has 1 heterocycles. The molecule has 0 aliphatic rings. The zero-order chi connectivity index (χ0) is 15.0. The summed E-state index contributed by atoms with van der Waals surface area (Å²) < 4.78 is 0. The molecule has 0 fully saturated rings. The monoisotopic (exact) mass is 279 g/mol. The van der Waals surface area contributed by atoms with Crippen molar-refractivity contribution >= 4 is 11.9 Å². The molecule has 1 amide bonds. The molecule has 6 heteroatoms. The summed E-state index contributed by atoms with van der Waals surface area (Å²) >= 11 is 0. The van der Waals surface area contributed by atoms with E-state index in [1.54, 1.807) is 0 Å². The lowest BCUT2D eigenvalue weighted by Gasteiger charge is -2.17. The minimum atomic E-state index is -1.14. The van der Waals surface area contributed by atoms with Crippen molar-refractivity contribution in [3.8, 4) is 0 Å². The van der Waals surface area contributed by atoms with E-state index in [1.807, 2.05) is 0 Å². The summed E-state index contributed by atoms with van der Waals surface area (Å²) in [7, 11) is 0. The maximum absolute atomic E-state index is 11.8. The Bertz CT molecular complexity index is 459. The molecule has 0 atom stereocenters. The van der Waals surface area contributed by atoms with Crippen LogP contribution in [0.25, 0.3) is 0 Å². The molecular formula is C14H21N3O3. The van der Waals surface area contributed by atoms with Crippen LogP contribution in [0.1, 0.15) is 41.2 Å². The molecule has 1 aromatic heterocycles. The van der Waals surface area contributed by atoms with E-state index in [9.17, 15) is 9.59 Å². The summed E-state index contributed by atoms with van der Waals surface area (Å²) in [6.07, 6.45) is 0.853. The summed E-state index contributed by atoms with van der Waals surface area (Å²) in [4.78, 5) is 28.7. The van der Waals surface area contributed by atoms with Crippen molar-refractivity contribution in [2.45, 2.75) is 20.3 Å². The van der Waals surface area contributed by atoms with Gasteiger partial charge in [0.15, 0.2) is 0 Å². The van der Waals surface area contributed by atoms with E-state index in [0.717, 1.165) is 26.1 Å². The molecule has 0 aliphatic heterocycles. The first-order valence-electron chi connectivity index (χ1n) is 6.79. The van der Waals surface area contributed by atoms with Gasteiger partial charge in [-0.2, -0.15) is 0 Å². The summed E-state index contributed by atoms with van der Waals surface area (Å²) in [5.41, 5.74) is 0.00790. The van der Waals surface area contributed by atoms with Crippen LogP contribution in [0, 0.1) is 0 Å². The second kappa shape index (κ2) is 8.27. The van der Waals surface area contributed by atoms with E-state index in [-0.39, 0.29) is 17.3 Å². The fraction of sp³-hybridized carbons (Fsp3) is 0.500. The maximum atomic E-state index is 11.8. The Kier molecular flexibility index (Phi) is 6.66. The molecule has 0 unspecified atom stereocenters. The highest BCUT2D eigenvalue weighted by molar-refractivity contribution is 5.94. The van der Waals surface area contributed by atoms with Gasteiger partial charge in [-0.15, -0.1) is 0 Å². The van der Waals surface area contributed by atoms with Gasteiger partial charge in [-0.25, -0.2) is 9.78 Å². The Balaban J connectivity index is 2.43. The second-order valence-electron chi connectivity index (χ2n) is 4.35. The van der Waals surface area contributed by atoms with Gasteiger partial charge in [-0.1, -0.05) is 19.9 Å². The van der Waals surface area contributed by atoms with Crippen molar-refractivity contribution in [3.05, 3.63) is 29.6 Å². The van der Waals surface area contributed by atoms with Crippen LogP contribution in [0.4, 0.5) is 0 Å². The number of carboxylic acids is 1. The van der Waals surface area contributed by atoms with Crippen molar-refractivity contribution < 1.29 is 14.7 Å². The van der Waals surface area contributed by atoms with Gasteiger partial charge in [0.05, 0.1) is 0 Å². The highest BCUT2D eigenvalue weighted by Crippen LogP contribution is 2.00. The molecule has 2 N–H and O–H groups in total. The topological polar surface area (TPSA) is 82.5 Å². The summed E-state index contributed by atoms with van der Waals surface area (Å²) in [6, 6.07) is 4.38. The van der Waals surface area contributed by atoms with Crippen molar-refractivity contribution in [1.82, 2.24) is 15.2 Å². The van der Waals surface area contributed by atoms with Crippen LogP contribution in [0.15, 0.2) is 18.2 Å². The number of hydrogen-bond donors (Lipinski definition) is 2. The molecule has 20 heavy (non-hydrogen) atoms. The van der Waals surface area contributed by atoms with Gasteiger partial charge in [0.2, 0.25) is 0 Å². The van der Waals surface area contributed by atoms with E-state index < -0.39 is 5.97 Å². The molecule has 6 nitrogen and oxygen atoms in total. The first kappa shape index (κ1) is 16.1. The number of carbonyl (C=O) groups is 2. The normalized spacial score (nSPS) is 10.6. The van der Waals surface area contributed by atoms with Gasteiger partial charge in [0, 0.05) is 6.54 Å². The quantitative estimate of drug-likeness (QED) is 0.700. The Morgan fingerprint density at radius 2 is 1.90 bits per heavy atom. The van der Waals surface area contributed by atoms with E-state index >= 15 is 0 Å². The molecule has 1 rings (SSSR count). The number of pyridine rings is 1. The Morgan fingerprint density at radius 1 is 1.25 bits per heavy atom. The van der Waals surface area contributed by atoms with E-state index in [0.29, 0.717) is 6.54 Å². The fourth-order valence-corrected chi connectivity index (χ4v) is 1.82. The molecule has 0 bridgehead atoms. The first-order chi connectivity index (χ1) is 9.58. The van der Waals surface area contributed by atoms with Crippen molar-refractivity contribution in [1.29, 1.82) is 0 Å². The van der Waals surface area contributed by atoms with Crippen molar-refractivity contribution in [2.24, 2.45) is 0 Å². The second-order valence-corrected chi connectivity index (χ2v) is 4.35. The van der Waals surface area contributed by atoms with Gasteiger partial charge < -0.3 is 15.3 Å². The third kappa shape index (κ3) is 4.97. The lowest BCUT2D eigenvalue weighted by Crippen LogP contribution is -2.30. The minimum Gasteiger partial charge on any atom is -0.477 e. The van der Waals surface area contributed by atoms with Gasteiger partial charge in [0.25, 0.3) is 5.91 Å². The number of carboxylic acid groups (broad SMARTS) is 1. The van der Waals surface area contributed by atoms with Gasteiger partial charge in [0.1, 0.15) is 11.4 Å². The fourth-order valence-electron chi connectivity index (χ4n) is 1.82. The standard InChI is InChI=1S/C14H21N3O3/c1-3-17(4-2)10-6-9-15-13(18)11-7-5-8-12(16-11)14(19)20/h5,7-8H,3-4,6,9-10H2,1-2H3,(H,15,18)(H,19,20). The lowest BCUT2D eigenvalue weighted by atomic mass is 10.3. The largest absolute Gasteiger partial charge is 0.477 e. The SMILES string of the molecule is CCN(CC)CCCNC(=O)c1cccc(C(=O)O)n1. The number of amides is 1. The summed E-state index contributed by atoms with van der Waals surface area (Å²) in [5, 5.41) is 11.6. The minimum absolute atomic E-state index is 0.124. The average Bonchev–Trinajstić information content (AvgIpc) is 2.47. The average molecular weight is 279 g/mol. The van der Waals surface area contributed by atoms with E-state index in [1.165, 1.54) is 18.2 Å². The highest BCUT2D eigenvalue weighted by atomic mass is 16.4. The number of nitrogens with zero attached hydrogens (tertiary/aromatic N) is 2. The highest BCUT2D eigenvalue weighted by Gasteiger charge is 2.10. The molecule has 0 saturated carbocycles. The zero-order valence-corrected chi connectivity index (χ0v) is 11.9. The summed E-state index contributed by atoms with van der Waals surface area (Å²) in [5.74, 6) is -1.48. The number of aromatic carboxylic acids is 1. The molecule has 0 radical (unpaired) electrons. The van der Waals surface area contributed by atoms with Crippen LogP contribution in [-0.4, -0.2) is 53.0 Å². The predicted octanol–water partition coefficient (Wildman–Crippen LogP) is 1.24. The molecule has 0 saturated heterocycles. The van der Waals surface area contributed by atoms with Crippen molar-refractivity contribution in [2.75, 3.05) is 26.2 Å². The Hall–Kier alpha value is -1.95. The van der Waals surface area contributed by atoms with Crippen LogP contribution in [-0.2, 0) is 0 Å². The number of hydrogen-bond acceptors (Lipinski definition) is 4. The third-order valence-electron chi connectivity index (χ3n) is 3.03. The van der Waals surface area contributed by atoms with Gasteiger partial charge in [-0.3, -0.25) is 4.79 Å². The predicted molar refractivity (Wildman–Crippen MR) is 75.9 cm³/mol. The van der Waals surface area contributed by atoms with Gasteiger partial charge >= 0.3 is 5.97 Å².